The number of nitrogens with two attached hydrogens (primary N) is 1. The Morgan fingerprint density at radius 2 is 1.83 bits per heavy atom. The number of nitrogens with zero attached hydrogens (tertiary/aromatic N) is 1. The molecule has 1 aromatic rings. The molecule has 0 heterocycles. The predicted molar refractivity (Wildman–Crippen MR) is 88.3 cm³/mol. The van der Waals surface area contributed by atoms with Crippen molar-refractivity contribution < 1.29 is 14.4 Å². The summed E-state index contributed by atoms with van der Waals surface area (Å²) in [7, 11) is 0. The number of benzene rings is 1. The molecule has 7 nitrogen and oxygen atoms in total. The molecule has 1 rings (SSSR count). The molecular weight excluding hydrogens is 308 g/mol. The number of carbonyl (C=O) groups excluding carboxylic acids is 3. The molecule has 0 spiro atoms. The Labute approximate surface area is 141 Å². The average molecular weight is 330 g/mol. The van der Waals surface area contributed by atoms with E-state index in [1.54, 1.807) is 6.92 Å². The largest absolute Gasteiger partial charge is 0.368 e. The number of amides is 3. The summed E-state index contributed by atoms with van der Waals surface area (Å²) in [5.74, 6) is -2.01. The van der Waals surface area contributed by atoms with Crippen molar-refractivity contribution in [2.45, 2.75) is 38.8 Å². The maximum atomic E-state index is 12.5. The first-order valence-electron chi connectivity index (χ1n) is 7.62. The molecular formula is C17H22N4O3. The summed E-state index contributed by atoms with van der Waals surface area (Å²) in [5.41, 5.74) is 6.19. The molecule has 1 aromatic carbocycles. The van der Waals surface area contributed by atoms with Crippen LogP contribution < -0.4 is 16.4 Å². The van der Waals surface area contributed by atoms with Gasteiger partial charge in [0.15, 0.2) is 0 Å². The van der Waals surface area contributed by atoms with E-state index in [0.717, 1.165) is 5.56 Å². The molecule has 0 fully saturated rings. The first-order valence-corrected chi connectivity index (χ1v) is 7.62. The maximum absolute atomic E-state index is 12.5. The molecule has 0 aliphatic rings. The fourth-order valence-corrected chi connectivity index (χ4v) is 2.31. The van der Waals surface area contributed by atoms with Gasteiger partial charge in [-0.2, -0.15) is 5.26 Å². The molecule has 0 saturated carbocycles. The number of rotatable bonds is 8. The van der Waals surface area contributed by atoms with Gasteiger partial charge in [-0.15, -0.1) is 0 Å². The fourth-order valence-electron chi connectivity index (χ4n) is 2.31. The van der Waals surface area contributed by atoms with Crippen LogP contribution in [0.2, 0.25) is 0 Å². The van der Waals surface area contributed by atoms with Crippen LogP contribution in [0.4, 0.5) is 0 Å². The van der Waals surface area contributed by atoms with Crippen LogP contribution in [0.5, 0.6) is 0 Å². The first-order chi connectivity index (χ1) is 11.3. The third-order valence-corrected chi connectivity index (χ3v) is 3.56. The minimum Gasteiger partial charge on any atom is -0.368 e. The lowest BCUT2D eigenvalue weighted by molar-refractivity contribution is -0.131. The number of nitrogens with one attached hydrogen (secondary N) is 2. The van der Waals surface area contributed by atoms with E-state index in [1.807, 2.05) is 36.4 Å². The molecule has 0 radical (unpaired) electrons. The van der Waals surface area contributed by atoms with Crippen LogP contribution in [-0.2, 0) is 20.8 Å². The monoisotopic (exact) mass is 330 g/mol. The zero-order chi connectivity index (χ0) is 18.1. The van der Waals surface area contributed by atoms with Crippen LogP contribution in [-0.4, -0.2) is 29.8 Å². The number of primary amides is 1. The minimum absolute atomic E-state index is 0.0807. The van der Waals surface area contributed by atoms with Crippen molar-refractivity contribution in [1.82, 2.24) is 10.6 Å². The molecule has 7 heteroatoms. The molecule has 128 valence electrons. The molecule has 24 heavy (non-hydrogen) atoms. The molecule has 4 N–H and O–H groups in total. The van der Waals surface area contributed by atoms with Gasteiger partial charge in [0, 0.05) is 19.8 Å². The van der Waals surface area contributed by atoms with Gasteiger partial charge in [0.1, 0.15) is 12.1 Å². The van der Waals surface area contributed by atoms with E-state index in [0.29, 0.717) is 0 Å². The van der Waals surface area contributed by atoms with Crippen molar-refractivity contribution in [3.05, 3.63) is 35.9 Å². The van der Waals surface area contributed by atoms with Gasteiger partial charge in [-0.1, -0.05) is 37.3 Å². The molecule has 0 aliphatic heterocycles. The summed E-state index contributed by atoms with van der Waals surface area (Å²) in [4.78, 5) is 35.4. The maximum Gasteiger partial charge on any atom is 0.243 e. The van der Waals surface area contributed by atoms with E-state index in [-0.39, 0.29) is 18.7 Å². The van der Waals surface area contributed by atoms with Gasteiger partial charge in [-0.3, -0.25) is 14.4 Å². The Morgan fingerprint density at radius 3 is 2.33 bits per heavy atom. The van der Waals surface area contributed by atoms with Crippen LogP contribution in [0, 0.1) is 17.2 Å². The third kappa shape index (κ3) is 6.08. The minimum atomic E-state index is -0.968. The van der Waals surface area contributed by atoms with Crippen LogP contribution in [0.15, 0.2) is 30.3 Å². The highest BCUT2D eigenvalue weighted by Crippen LogP contribution is 2.09. The molecule has 0 unspecified atom stereocenters. The van der Waals surface area contributed by atoms with Gasteiger partial charge in [-0.25, -0.2) is 0 Å². The quantitative estimate of drug-likeness (QED) is 0.632. The Morgan fingerprint density at radius 1 is 1.21 bits per heavy atom. The normalized spacial score (nSPS) is 13.9. The van der Waals surface area contributed by atoms with E-state index in [2.05, 4.69) is 10.6 Å². The molecule has 0 aliphatic carbocycles. The Kier molecular flexibility index (Phi) is 7.43. The molecule has 0 saturated heterocycles. The lowest BCUT2D eigenvalue weighted by Gasteiger charge is -2.24. The van der Waals surface area contributed by atoms with E-state index in [1.165, 1.54) is 6.92 Å². The summed E-state index contributed by atoms with van der Waals surface area (Å²) in [5, 5.41) is 13.9. The summed E-state index contributed by atoms with van der Waals surface area (Å²) in [6, 6.07) is 9.34. The molecule has 3 atom stereocenters. The summed E-state index contributed by atoms with van der Waals surface area (Å²) in [6.45, 7) is 2.97. The second-order valence-corrected chi connectivity index (χ2v) is 5.67. The number of hydrogen-bond acceptors (Lipinski definition) is 4. The number of carbonyl (C=O) groups is 3. The van der Waals surface area contributed by atoms with E-state index in [4.69, 9.17) is 11.0 Å². The molecule has 3 amide bonds. The lowest BCUT2D eigenvalue weighted by Crippen LogP contribution is -2.55. The van der Waals surface area contributed by atoms with Crippen LogP contribution >= 0.6 is 0 Å². The third-order valence-electron chi connectivity index (χ3n) is 3.56. The van der Waals surface area contributed by atoms with Gasteiger partial charge in [0.05, 0.1) is 6.07 Å². The highest BCUT2D eigenvalue weighted by atomic mass is 16.2. The van der Waals surface area contributed by atoms with Gasteiger partial charge < -0.3 is 16.4 Å². The Bertz CT molecular complexity index is 624. The summed E-state index contributed by atoms with van der Waals surface area (Å²) >= 11 is 0. The lowest BCUT2D eigenvalue weighted by atomic mass is 9.97. The van der Waals surface area contributed by atoms with Crippen molar-refractivity contribution in [3.63, 3.8) is 0 Å². The Hall–Kier alpha value is -2.88. The predicted octanol–water partition coefficient (Wildman–Crippen LogP) is 0.254. The SMILES string of the molecule is CC(=O)N[C@@H](Cc1ccccc1)C(=O)N[C@@H](C(N)=O)[C@@H](C)CC#N. The van der Waals surface area contributed by atoms with Gasteiger partial charge in [0.2, 0.25) is 17.7 Å². The van der Waals surface area contributed by atoms with Gasteiger partial charge >= 0.3 is 0 Å². The van der Waals surface area contributed by atoms with Gasteiger partial charge in [-0.05, 0) is 11.5 Å². The van der Waals surface area contributed by atoms with Crippen LogP contribution in [0.1, 0.15) is 25.8 Å². The highest BCUT2D eigenvalue weighted by Gasteiger charge is 2.28. The van der Waals surface area contributed by atoms with Crippen molar-refractivity contribution in [2.75, 3.05) is 0 Å². The van der Waals surface area contributed by atoms with E-state index < -0.39 is 29.8 Å². The van der Waals surface area contributed by atoms with Crippen LogP contribution in [0.25, 0.3) is 0 Å². The average Bonchev–Trinajstić information content (AvgIpc) is 2.52. The van der Waals surface area contributed by atoms with Crippen molar-refractivity contribution in [1.29, 1.82) is 5.26 Å². The van der Waals surface area contributed by atoms with Crippen molar-refractivity contribution in [3.8, 4) is 6.07 Å². The van der Waals surface area contributed by atoms with Crippen LogP contribution in [0.3, 0.4) is 0 Å². The standard InChI is InChI=1S/C17H22N4O3/c1-11(8-9-18)15(16(19)23)21-17(24)14(20-12(2)22)10-13-6-4-3-5-7-13/h3-7,11,14-15H,8,10H2,1-2H3,(H2,19,23)(H,20,22)(H,21,24)/t11-,14-,15+/m0/s1. The Balaban J connectivity index is 2.88. The van der Waals surface area contributed by atoms with Crippen molar-refractivity contribution in [2.24, 2.45) is 11.7 Å². The smallest absolute Gasteiger partial charge is 0.243 e. The summed E-state index contributed by atoms with van der Waals surface area (Å²) in [6.07, 6.45) is 0.363. The topological polar surface area (TPSA) is 125 Å². The second kappa shape index (κ2) is 9.30. The molecule has 0 aromatic heterocycles. The summed E-state index contributed by atoms with van der Waals surface area (Å²) < 4.78 is 0. The first kappa shape index (κ1) is 19.2. The van der Waals surface area contributed by atoms with Gasteiger partial charge in [0.25, 0.3) is 0 Å². The highest BCUT2D eigenvalue weighted by molar-refractivity contribution is 5.91. The zero-order valence-corrected chi connectivity index (χ0v) is 13.8. The number of nitriles is 1. The molecule has 0 bridgehead atoms. The van der Waals surface area contributed by atoms with E-state index >= 15 is 0 Å². The number of hydrogen-bond donors (Lipinski definition) is 3. The van der Waals surface area contributed by atoms with E-state index in [9.17, 15) is 14.4 Å². The van der Waals surface area contributed by atoms with Crippen molar-refractivity contribution >= 4 is 17.7 Å². The fraction of sp³-hybridized carbons (Fsp3) is 0.412. The second-order valence-electron chi connectivity index (χ2n) is 5.67. The zero-order valence-electron chi connectivity index (χ0n) is 13.8.